The number of rotatable bonds is 8. The minimum absolute atomic E-state index is 0.0326. The summed E-state index contributed by atoms with van der Waals surface area (Å²) in [7, 11) is -2.93. The highest BCUT2D eigenvalue weighted by Crippen LogP contribution is 2.12. The first-order valence-electron chi connectivity index (χ1n) is 7.06. The second kappa shape index (κ2) is 7.64. The van der Waals surface area contributed by atoms with E-state index >= 15 is 0 Å². The molecule has 4 nitrogen and oxygen atoms in total. The Bertz CT molecular complexity index is 496. The fourth-order valence-electron chi connectivity index (χ4n) is 2.16. The molecule has 2 atom stereocenters. The maximum Gasteiger partial charge on any atom is 0.151 e. The van der Waals surface area contributed by atoms with Gasteiger partial charge >= 0.3 is 0 Å². The van der Waals surface area contributed by atoms with E-state index in [4.69, 9.17) is 0 Å². The Kier molecular flexibility index (Phi) is 6.49. The molecule has 20 heavy (non-hydrogen) atoms. The number of aryl methyl sites for hydroxylation is 1. The summed E-state index contributed by atoms with van der Waals surface area (Å²) < 4.78 is 23.1. The van der Waals surface area contributed by atoms with E-state index in [0.717, 1.165) is 12.8 Å². The van der Waals surface area contributed by atoms with Crippen molar-refractivity contribution >= 4 is 9.84 Å². The second-order valence-electron chi connectivity index (χ2n) is 5.37. The van der Waals surface area contributed by atoms with E-state index in [2.05, 4.69) is 12.2 Å². The lowest BCUT2D eigenvalue weighted by atomic mass is 10.1. The molecule has 0 amide bonds. The number of aromatic hydroxyl groups is 1. The van der Waals surface area contributed by atoms with Crippen molar-refractivity contribution in [3.63, 3.8) is 0 Å². The van der Waals surface area contributed by atoms with Crippen LogP contribution in [-0.2, 0) is 16.3 Å². The van der Waals surface area contributed by atoms with E-state index in [1.807, 2.05) is 19.1 Å². The van der Waals surface area contributed by atoms with E-state index in [0.29, 0.717) is 0 Å². The SMILES string of the molecule is CCS(=O)(=O)CC(C)NC(C)CCc1ccc(O)cc1. The molecule has 0 bridgehead atoms. The zero-order valence-corrected chi connectivity index (χ0v) is 13.3. The molecule has 0 aliphatic rings. The number of benzene rings is 1. The number of hydrogen-bond acceptors (Lipinski definition) is 4. The Hall–Kier alpha value is -1.07. The Morgan fingerprint density at radius 1 is 1.15 bits per heavy atom. The van der Waals surface area contributed by atoms with Gasteiger partial charge in [-0.25, -0.2) is 8.42 Å². The summed E-state index contributed by atoms with van der Waals surface area (Å²) in [6.07, 6.45) is 1.84. The first kappa shape index (κ1) is 17.0. The monoisotopic (exact) mass is 299 g/mol. The number of hydrogen-bond donors (Lipinski definition) is 2. The van der Waals surface area contributed by atoms with Gasteiger partial charge in [-0.15, -0.1) is 0 Å². The van der Waals surface area contributed by atoms with E-state index in [9.17, 15) is 13.5 Å². The normalized spacial score (nSPS) is 14.9. The number of phenolic OH excluding ortho intramolecular Hbond substituents is 1. The Balaban J connectivity index is 2.36. The van der Waals surface area contributed by atoms with Gasteiger partial charge in [-0.3, -0.25) is 0 Å². The molecular weight excluding hydrogens is 274 g/mol. The lowest BCUT2D eigenvalue weighted by Gasteiger charge is -2.19. The van der Waals surface area contributed by atoms with Crippen molar-refractivity contribution in [2.45, 2.75) is 45.7 Å². The van der Waals surface area contributed by atoms with Gasteiger partial charge < -0.3 is 10.4 Å². The van der Waals surface area contributed by atoms with E-state index in [-0.39, 0.29) is 29.3 Å². The van der Waals surface area contributed by atoms with Crippen LogP contribution < -0.4 is 5.32 Å². The summed E-state index contributed by atoms with van der Waals surface area (Å²) in [6.45, 7) is 5.65. The number of sulfone groups is 1. The van der Waals surface area contributed by atoms with Crippen molar-refractivity contribution in [1.82, 2.24) is 5.32 Å². The molecule has 0 saturated carbocycles. The second-order valence-corrected chi connectivity index (χ2v) is 7.77. The molecular formula is C15H25NO3S. The average Bonchev–Trinajstić information content (AvgIpc) is 2.37. The molecule has 114 valence electrons. The van der Waals surface area contributed by atoms with E-state index in [1.165, 1.54) is 5.56 Å². The van der Waals surface area contributed by atoms with Gasteiger partial charge in [0.2, 0.25) is 0 Å². The molecule has 1 rings (SSSR count). The summed E-state index contributed by atoms with van der Waals surface area (Å²) in [5.74, 6) is 0.659. The molecule has 0 saturated heterocycles. The van der Waals surface area contributed by atoms with Crippen LogP contribution in [0.1, 0.15) is 32.8 Å². The minimum Gasteiger partial charge on any atom is -0.508 e. The summed E-state index contributed by atoms with van der Waals surface area (Å²) in [5, 5.41) is 12.5. The first-order chi connectivity index (χ1) is 9.32. The molecule has 2 unspecified atom stereocenters. The highest BCUT2D eigenvalue weighted by Gasteiger charge is 2.15. The van der Waals surface area contributed by atoms with Crippen molar-refractivity contribution < 1.29 is 13.5 Å². The van der Waals surface area contributed by atoms with Crippen molar-refractivity contribution in [2.24, 2.45) is 0 Å². The Morgan fingerprint density at radius 3 is 2.30 bits per heavy atom. The van der Waals surface area contributed by atoms with Crippen LogP contribution in [-0.4, -0.2) is 37.1 Å². The average molecular weight is 299 g/mol. The van der Waals surface area contributed by atoms with Crippen LogP contribution in [0.4, 0.5) is 0 Å². The third-order valence-electron chi connectivity index (χ3n) is 3.32. The van der Waals surface area contributed by atoms with Crippen LogP contribution >= 0.6 is 0 Å². The van der Waals surface area contributed by atoms with Gasteiger partial charge in [0, 0.05) is 17.8 Å². The zero-order valence-electron chi connectivity index (χ0n) is 12.5. The summed E-state index contributed by atoms with van der Waals surface area (Å²) in [4.78, 5) is 0. The predicted octanol–water partition coefficient (Wildman–Crippen LogP) is 2.13. The van der Waals surface area contributed by atoms with Gasteiger partial charge in [0.1, 0.15) is 5.75 Å². The molecule has 0 aromatic heterocycles. The van der Waals surface area contributed by atoms with Gasteiger partial charge in [-0.1, -0.05) is 19.1 Å². The lowest BCUT2D eigenvalue weighted by Crippen LogP contribution is -2.39. The molecule has 0 heterocycles. The standard InChI is InChI=1S/C15H25NO3S/c1-4-20(18,19)11-13(3)16-12(2)5-6-14-7-9-15(17)10-8-14/h7-10,12-13,16-17H,4-6,11H2,1-3H3. The van der Waals surface area contributed by atoms with Crippen LogP contribution in [0.5, 0.6) is 5.75 Å². The maximum absolute atomic E-state index is 11.5. The highest BCUT2D eigenvalue weighted by molar-refractivity contribution is 7.91. The van der Waals surface area contributed by atoms with Crippen LogP contribution in [0.3, 0.4) is 0 Å². The maximum atomic E-state index is 11.5. The van der Waals surface area contributed by atoms with Gasteiger partial charge in [-0.05, 0) is 44.4 Å². The topological polar surface area (TPSA) is 66.4 Å². The van der Waals surface area contributed by atoms with E-state index < -0.39 is 9.84 Å². The van der Waals surface area contributed by atoms with Crippen molar-refractivity contribution in [3.05, 3.63) is 29.8 Å². The van der Waals surface area contributed by atoms with Crippen LogP contribution in [0, 0.1) is 0 Å². The van der Waals surface area contributed by atoms with Crippen molar-refractivity contribution in [3.8, 4) is 5.75 Å². The Morgan fingerprint density at radius 2 is 1.75 bits per heavy atom. The number of phenols is 1. The fourth-order valence-corrected chi connectivity index (χ4v) is 3.26. The molecule has 2 N–H and O–H groups in total. The molecule has 1 aromatic rings. The molecule has 1 aromatic carbocycles. The predicted molar refractivity (Wildman–Crippen MR) is 82.8 cm³/mol. The number of nitrogens with one attached hydrogen (secondary N) is 1. The molecule has 0 spiro atoms. The molecule has 0 aliphatic carbocycles. The van der Waals surface area contributed by atoms with Crippen LogP contribution in [0.2, 0.25) is 0 Å². The smallest absolute Gasteiger partial charge is 0.151 e. The lowest BCUT2D eigenvalue weighted by molar-refractivity contribution is 0.462. The van der Waals surface area contributed by atoms with Crippen molar-refractivity contribution in [1.29, 1.82) is 0 Å². The van der Waals surface area contributed by atoms with Crippen LogP contribution in [0.15, 0.2) is 24.3 Å². The first-order valence-corrected chi connectivity index (χ1v) is 8.89. The summed E-state index contributed by atoms with van der Waals surface area (Å²) >= 11 is 0. The minimum atomic E-state index is -2.93. The van der Waals surface area contributed by atoms with Crippen LogP contribution in [0.25, 0.3) is 0 Å². The zero-order chi connectivity index (χ0) is 15.2. The quantitative estimate of drug-likeness (QED) is 0.771. The van der Waals surface area contributed by atoms with E-state index in [1.54, 1.807) is 19.1 Å². The van der Waals surface area contributed by atoms with Crippen molar-refractivity contribution in [2.75, 3.05) is 11.5 Å². The largest absolute Gasteiger partial charge is 0.508 e. The molecule has 0 aliphatic heterocycles. The van der Waals surface area contributed by atoms with Gasteiger partial charge in [0.15, 0.2) is 9.84 Å². The molecule has 0 fully saturated rings. The van der Waals surface area contributed by atoms with Gasteiger partial charge in [-0.2, -0.15) is 0 Å². The highest BCUT2D eigenvalue weighted by atomic mass is 32.2. The fraction of sp³-hybridized carbons (Fsp3) is 0.600. The third kappa shape index (κ3) is 6.39. The summed E-state index contributed by atoms with van der Waals surface area (Å²) in [6, 6.07) is 7.41. The molecule has 0 radical (unpaired) electrons. The summed E-state index contributed by atoms with van der Waals surface area (Å²) in [5.41, 5.74) is 1.17. The third-order valence-corrected chi connectivity index (χ3v) is 5.20. The van der Waals surface area contributed by atoms with Gasteiger partial charge in [0.05, 0.1) is 5.75 Å². The Labute approximate surface area is 122 Å². The molecule has 5 heteroatoms. The van der Waals surface area contributed by atoms with Gasteiger partial charge in [0.25, 0.3) is 0 Å².